The Morgan fingerprint density at radius 1 is 1.33 bits per heavy atom. The lowest BCUT2D eigenvalue weighted by Gasteiger charge is -2.27. The number of carbonyl (C=O) groups is 2. The molecule has 21 heavy (non-hydrogen) atoms. The molecule has 0 radical (unpaired) electrons. The van der Waals surface area contributed by atoms with Crippen LogP contribution in [0.1, 0.15) is 19.4 Å². The van der Waals surface area contributed by atoms with Gasteiger partial charge in [-0.15, -0.1) is 0 Å². The molecule has 0 unspecified atom stereocenters. The Morgan fingerprint density at radius 3 is 2.33 bits per heavy atom. The van der Waals surface area contributed by atoms with E-state index >= 15 is 0 Å². The molecule has 0 saturated carbocycles. The van der Waals surface area contributed by atoms with Crippen LogP contribution in [0, 0.1) is 0 Å². The molecule has 7 heteroatoms. The summed E-state index contributed by atoms with van der Waals surface area (Å²) in [6.07, 6.45) is 0.312. The lowest BCUT2D eigenvalue weighted by atomic mass is 9.92. The zero-order valence-electron chi connectivity index (χ0n) is 12.2. The third kappa shape index (κ3) is 5.03. The van der Waals surface area contributed by atoms with Gasteiger partial charge in [0.15, 0.2) is 5.11 Å². The van der Waals surface area contributed by atoms with Gasteiger partial charge in [0.25, 0.3) is 0 Å². The van der Waals surface area contributed by atoms with E-state index < -0.39 is 11.5 Å². The highest BCUT2D eigenvalue weighted by Crippen LogP contribution is 2.17. The van der Waals surface area contributed by atoms with E-state index in [-0.39, 0.29) is 11.0 Å². The lowest BCUT2D eigenvalue weighted by Crippen LogP contribution is -2.53. The van der Waals surface area contributed by atoms with Crippen molar-refractivity contribution in [3.05, 3.63) is 29.8 Å². The Kier molecular flexibility index (Phi) is 5.66. The summed E-state index contributed by atoms with van der Waals surface area (Å²) in [7, 11) is 1.29. The van der Waals surface area contributed by atoms with Gasteiger partial charge in [-0.1, -0.05) is 12.1 Å². The zero-order chi connectivity index (χ0) is 16.0. The van der Waals surface area contributed by atoms with Crippen LogP contribution in [0.25, 0.3) is 0 Å². The van der Waals surface area contributed by atoms with Crippen LogP contribution in [0.4, 0.5) is 5.69 Å². The molecule has 1 atom stereocenters. The van der Waals surface area contributed by atoms with Crippen molar-refractivity contribution in [1.82, 2.24) is 5.32 Å². The van der Waals surface area contributed by atoms with Crippen LogP contribution in [-0.2, 0) is 20.7 Å². The first-order valence-electron chi connectivity index (χ1n) is 6.29. The highest BCUT2D eigenvalue weighted by Gasteiger charge is 2.35. The number of hydrogen-bond donors (Lipinski definition) is 3. The van der Waals surface area contributed by atoms with Gasteiger partial charge in [0.1, 0.15) is 5.54 Å². The van der Waals surface area contributed by atoms with Crippen LogP contribution >= 0.6 is 12.2 Å². The van der Waals surface area contributed by atoms with Gasteiger partial charge in [0.05, 0.1) is 7.11 Å². The van der Waals surface area contributed by atoms with Crippen molar-refractivity contribution in [2.45, 2.75) is 25.8 Å². The molecule has 0 aliphatic carbocycles. The quantitative estimate of drug-likeness (QED) is 0.554. The van der Waals surface area contributed by atoms with Gasteiger partial charge in [-0.25, -0.2) is 4.79 Å². The van der Waals surface area contributed by atoms with Crippen LogP contribution in [0.2, 0.25) is 0 Å². The molecule has 6 nitrogen and oxygen atoms in total. The SMILES string of the molecule is COC(=O)[C@](C)(Cc1ccc(NC(N)=S)cc1)NC(C)=O. The Balaban J connectivity index is 2.91. The van der Waals surface area contributed by atoms with Crippen molar-refractivity contribution in [2.24, 2.45) is 5.73 Å². The summed E-state index contributed by atoms with van der Waals surface area (Å²) in [5, 5.41) is 5.62. The molecule has 114 valence electrons. The normalized spacial score (nSPS) is 12.9. The number of rotatable bonds is 5. The summed E-state index contributed by atoms with van der Waals surface area (Å²) in [6, 6.07) is 7.23. The second-order valence-electron chi connectivity index (χ2n) is 4.87. The monoisotopic (exact) mass is 309 g/mol. The minimum atomic E-state index is -1.11. The molecule has 4 N–H and O–H groups in total. The Labute approximate surface area is 129 Å². The number of anilines is 1. The smallest absolute Gasteiger partial charge is 0.331 e. The van der Waals surface area contributed by atoms with Crippen molar-refractivity contribution in [3.8, 4) is 0 Å². The van der Waals surface area contributed by atoms with Gasteiger partial charge in [-0.2, -0.15) is 0 Å². The third-order valence-corrected chi connectivity index (χ3v) is 2.97. The van der Waals surface area contributed by atoms with Crippen LogP contribution < -0.4 is 16.4 Å². The number of methoxy groups -OCH3 is 1. The van der Waals surface area contributed by atoms with Crippen molar-refractivity contribution >= 4 is 34.9 Å². The second kappa shape index (κ2) is 7.03. The molecular formula is C14H19N3O3S. The molecule has 0 aliphatic rings. The number of benzene rings is 1. The standard InChI is InChI=1S/C14H19N3O3S/c1-9(18)17-14(2,12(19)20-3)8-10-4-6-11(7-5-10)16-13(15)21/h4-7H,8H2,1-3H3,(H,17,18)(H3,15,16,21)/t14-/m0/s1. The van der Waals surface area contributed by atoms with E-state index in [2.05, 4.69) is 10.6 Å². The van der Waals surface area contributed by atoms with Crippen molar-refractivity contribution < 1.29 is 14.3 Å². The minimum absolute atomic E-state index is 0.181. The van der Waals surface area contributed by atoms with E-state index in [1.54, 1.807) is 19.1 Å². The van der Waals surface area contributed by atoms with E-state index in [0.29, 0.717) is 6.42 Å². The van der Waals surface area contributed by atoms with Crippen LogP contribution in [0.15, 0.2) is 24.3 Å². The summed E-state index contributed by atoms with van der Waals surface area (Å²) in [6.45, 7) is 2.98. The van der Waals surface area contributed by atoms with Crippen LogP contribution in [0.5, 0.6) is 0 Å². The fraction of sp³-hybridized carbons (Fsp3) is 0.357. The number of hydrogen-bond acceptors (Lipinski definition) is 4. The van der Waals surface area contributed by atoms with E-state index in [1.807, 2.05) is 12.1 Å². The number of amides is 1. The predicted octanol–water partition coefficient (Wildman–Crippen LogP) is 0.952. The zero-order valence-corrected chi connectivity index (χ0v) is 13.0. The second-order valence-corrected chi connectivity index (χ2v) is 5.31. The maximum atomic E-state index is 11.9. The van der Waals surface area contributed by atoms with E-state index in [4.69, 9.17) is 22.7 Å². The van der Waals surface area contributed by atoms with Gasteiger partial charge in [0, 0.05) is 19.0 Å². The number of esters is 1. The van der Waals surface area contributed by atoms with Crippen LogP contribution in [0.3, 0.4) is 0 Å². The highest BCUT2D eigenvalue weighted by atomic mass is 32.1. The molecule has 0 spiro atoms. The molecule has 1 amide bonds. The van der Waals surface area contributed by atoms with E-state index in [9.17, 15) is 9.59 Å². The number of thiocarbonyl (C=S) groups is 1. The maximum Gasteiger partial charge on any atom is 0.331 e. The fourth-order valence-electron chi connectivity index (χ4n) is 2.04. The van der Waals surface area contributed by atoms with E-state index in [1.165, 1.54) is 14.0 Å². The van der Waals surface area contributed by atoms with Gasteiger partial charge >= 0.3 is 5.97 Å². The van der Waals surface area contributed by atoms with Crippen LogP contribution in [-0.4, -0.2) is 29.6 Å². The van der Waals surface area contributed by atoms with Gasteiger partial charge in [-0.05, 0) is 36.8 Å². The average Bonchev–Trinajstić information content (AvgIpc) is 2.38. The highest BCUT2D eigenvalue weighted by molar-refractivity contribution is 7.80. The predicted molar refractivity (Wildman–Crippen MR) is 84.8 cm³/mol. The summed E-state index contributed by atoms with van der Waals surface area (Å²) in [5.41, 5.74) is 5.90. The lowest BCUT2D eigenvalue weighted by molar-refractivity contribution is -0.149. The molecule has 1 aromatic carbocycles. The van der Waals surface area contributed by atoms with E-state index in [0.717, 1.165) is 11.3 Å². The Bertz CT molecular complexity index is 545. The Morgan fingerprint density at radius 2 is 1.90 bits per heavy atom. The molecule has 0 bridgehead atoms. The number of nitrogens with two attached hydrogens (primary N) is 1. The summed E-state index contributed by atoms with van der Waals surface area (Å²) >= 11 is 4.75. The van der Waals surface area contributed by atoms with Crippen molar-refractivity contribution in [3.63, 3.8) is 0 Å². The molecule has 0 saturated heterocycles. The largest absolute Gasteiger partial charge is 0.467 e. The average molecular weight is 309 g/mol. The Hall–Kier alpha value is -2.15. The number of nitrogens with one attached hydrogen (secondary N) is 2. The summed E-state index contributed by atoms with van der Waals surface area (Å²) in [4.78, 5) is 23.2. The van der Waals surface area contributed by atoms with Gasteiger partial charge < -0.3 is 21.1 Å². The van der Waals surface area contributed by atoms with Gasteiger partial charge in [0.2, 0.25) is 5.91 Å². The maximum absolute atomic E-state index is 11.9. The fourth-order valence-corrected chi connectivity index (χ4v) is 2.16. The molecule has 0 fully saturated rings. The molecule has 1 aromatic rings. The molecule has 1 rings (SSSR count). The van der Waals surface area contributed by atoms with Crippen molar-refractivity contribution in [1.29, 1.82) is 0 Å². The molecule has 0 heterocycles. The summed E-state index contributed by atoms with van der Waals surface area (Å²) in [5.74, 6) is -0.794. The first-order chi connectivity index (χ1) is 9.76. The number of carbonyl (C=O) groups excluding carboxylic acids is 2. The third-order valence-electron chi connectivity index (χ3n) is 2.87. The number of ether oxygens (including phenoxy) is 1. The first kappa shape index (κ1) is 16.9. The molecule has 0 aliphatic heterocycles. The molecular weight excluding hydrogens is 290 g/mol. The van der Waals surface area contributed by atoms with Crippen molar-refractivity contribution in [2.75, 3.05) is 12.4 Å². The summed E-state index contributed by atoms with van der Waals surface area (Å²) < 4.78 is 4.77. The van der Waals surface area contributed by atoms with Gasteiger partial charge in [-0.3, -0.25) is 4.79 Å². The topological polar surface area (TPSA) is 93.4 Å². The minimum Gasteiger partial charge on any atom is -0.467 e. The first-order valence-corrected chi connectivity index (χ1v) is 6.70. The molecule has 0 aromatic heterocycles.